The van der Waals surface area contributed by atoms with Crippen molar-refractivity contribution in [3.05, 3.63) is 18.5 Å². The lowest BCUT2D eigenvalue weighted by atomic mass is 9.98. The number of hydrogen-bond acceptors (Lipinski definition) is 3. The quantitative estimate of drug-likeness (QED) is 0.737. The molecule has 4 nitrogen and oxygen atoms in total. The summed E-state index contributed by atoms with van der Waals surface area (Å²) >= 11 is 0. The number of aliphatic hydroxyl groups excluding tert-OH is 1. The Morgan fingerprint density at radius 2 is 2.31 bits per heavy atom. The zero-order chi connectivity index (χ0) is 12.0. The zero-order valence-corrected chi connectivity index (χ0v) is 10.5. The average molecular weight is 225 g/mol. The molecule has 0 fully saturated rings. The lowest BCUT2D eigenvalue weighted by Gasteiger charge is -2.31. The first-order chi connectivity index (χ1) is 7.59. The minimum atomic E-state index is -0.163. The third kappa shape index (κ3) is 3.94. The summed E-state index contributed by atoms with van der Waals surface area (Å²) in [5.74, 6) is 0. The molecule has 0 amide bonds. The molecule has 1 heterocycles. The van der Waals surface area contributed by atoms with Crippen LogP contribution in [-0.4, -0.2) is 33.1 Å². The summed E-state index contributed by atoms with van der Waals surface area (Å²) in [7, 11) is 0. The van der Waals surface area contributed by atoms with Gasteiger partial charge < -0.3 is 10.4 Å². The smallest absolute Gasteiger partial charge is 0.0610 e. The molecule has 0 aliphatic heterocycles. The summed E-state index contributed by atoms with van der Waals surface area (Å²) in [6.07, 6.45) is 5.70. The molecule has 1 rings (SSSR count). The van der Waals surface area contributed by atoms with Gasteiger partial charge in [0.15, 0.2) is 0 Å². The maximum absolute atomic E-state index is 9.31. The van der Waals surface area contributed by atoms with Gasteiger partial charge >= 0.3 is 0 Å². The Bertz CT molecular complexity index is 280. The second-order valence-electron chi connectivity index (χ2n) is 4.68. The normalized spacial score (nSPS) is 17.0. The van der Waals surface area contributed by atoms with Gasteiger partial charge in [-0.3, -0.25) is 4.68 Å². The van der Waals surface area contributed by atoms with Crippen molar-refractivity contribution in [3.8, 4) is 0 Å². The summed E-state index contributed by atoms with van der Waals surface area (Å²) in [5.41, 5.74) is -0.163. The van der Waals surface area contributed by atoms with Gasteiger partial charge in [0.2, 0.25) is 0 Å². The van der Waals surface area contributed by atoms with E-state index in [1.165, 1.54) is 0 Å². The van der Waals surface area contributed by atoms with Crippen molar-refractivity contribution in [2.45, 2.75) is 51.7 Å². The number of nitrogens with one attached hydrogen (secondary N) is 1. The molecule has 16 heavy (non-hydrogen) atoms. The second-order valence-corrected chi connectivity index (χ2v) is 4.68. The van der Waals surface area contributed by atoms with Crippen molar-refractivity contribution < 1.29 is 5.11 Å². The summed E-state index contributed by atoms with van der Waals surface area (Å²) in [5, 5.41) is 16.9. The average Bonchev–Trinajstić information content (AvgIpc) is 2.79. The van der Waals surface area contributed by atoms with E-state index >= 15 is 0 Å². The molecule has 2 N–H and O–H groups in total. The Morgan fingerprint density at radius 1 is 1.56 bits per heavy atom. The van der Waals surface area contributed by atoms with Crippen molar-refractivity contribution in [2.75, 3.05) is 6.61 Å². The Balaban J connectivity index is 2.32. The highest BCUT2D eigenvalue weighted by Gasteiger charge is 2.22. The Labute approximate surface area is 97.7 Å². The van der Waals surface area contributed by atoms with E-state index in [2.05, 4.69) is 31.2 Å². The van der Waals surface area contributed by atoms with Crippen LogP contribution >= 0.6 is 0 Å². The van der Waals surface area contributed by atoms with E-state index in [0.29, 0.717) is 6.04 Å². The first-order valence-electron chi connectivity index (χ1n) is 5.95. The summed E-state index contributed by atoms with van der Waals surface area (Å²) in [6.45, 7) is 7.37. The van der Waals surface area contributed by atoms with Gasteiger partial charge in [-0.25, -0.2) is 0 Å². The van der Waals surface area contributed by atoms with Crippen molar-refractivity contribution in [2.24, 2.45) is 0 Å². The van der Waals surface area contributed by atoms with Gasteiger partial charge in [-0.15, -0.1) is 0 Å². The zero-order valence-electron chi connectivity index (χ0n) is 10.5. The molecule has 0 spiro atoms. The molecule has 2 unspecified atom stereocenters. The van der Waals surface area contributed by atoms with E-state index in [4.69, 9.17) is 0 Å². The highest BCUT2D eigenvalue weighted by molar-refractivity contribution is 4.84. The van der Waals surface area contributed by atoms with Gasteiger partial charge in [-0.05, 0) is 32.8 Å². The summed E-state index contributed by atoms with van der Waals surface area (Å²) in [6, 6.07) is 2.31. The number of aliphatic hydroxyl groups is 1. The standard InChI is InChI=1S/C12H23N3O/c1-4-12(3,10-16)14-11(2)6-9-15-8-5-7-13-15/h5,7-8,11,14,16H,4,6,9-10H2,1-3H3. The van der Waals surface area contributed by atoms with Crippen LogP contribution in [0.1, 0.15) is 33.6 Å². The lowest BCUT2D eigenvalue weighted by Crippen LogP contribution is -2.49. The number of hydrogen-bond donors (Lipinski definition) is 2. The molecule has 0 aliphatic rings. The lowest BCUT2D eigenvalue weighted by molar-refractivity contribution is 0.156. The van der Waals surface area contributed by atoms with Crippen LogP contribution in [0.2, 0.25) is 0 Å². The van der Waals surface area contributed by atoms with Crippen molar-refractivity contribution >= 4 is 0 Å². The largest absolute Gasteiger partial charge is 0.394 e. The topological polar surface area (TPSA) is 50.1 Å². The van der Waals surface area contributed by atoms with Crippen LogP contribution in [0.25, 0.3) is 0 Å². The van der Waals surface area contributed by atoms with Crippen molar-refractivity contribution in [1.82, 2.24) is 15.1 Å². The molecule has 0 saturated heterocycles. The molecule has 2 atom stereocenters. The molecule has 1 aromatic rings. The second kappa shape index (κ2) is 6.01. The Hall–Kier alpha value is -0.870. The summed E-state index contributed by atoms with van der Waals surface area (Å²) < 4.78 is 1.93. The predicted molar refractivity (Wildman–Crippen MR) is 65.2 cm³/mol. The molecule has 0 radical (unpaired) electrons. The van der Waals surface area contributed by atoms with Crippen molar-refractivity contribution in [1.29, 1.82) is 0 Å². The van der Waals surface area contributed by atoms with Crippen LogP contribution in [0.5, 0.6) is 0 Å². The Morgan fingerprint density at radius 3 is 2.81 bits per heavy atom. The maximum atomic E-state index is 9.31. The molecule has 0 bridgehead atoms. The van der Waals surface area contributed by atoms with E-state index in [1.54, 1.807) is 6.20 Å². The fourth-order valence-corrected chi connectivity index (χ4v) is 1.69. The first-order valence-corrected chi connectivity index (χ1v) is 5.95. The molecule has 4 heteroatoms. The number of rotatable bonds is 7. The minimum absolute atomic E-state index is 0.163. The monoisotopic (exact) mass is 225 g/mol. The van der Waals surface area contributed by atoms with Crippen LogP contribution in [0, 0.1) is 0 Å². The van der Waals surface area contributed by atoms with Crippen LogP contribution in [0.15, 0.2) is 18.5 Å². The van der Waals surface area contributed by atoms with Gasteiger partial charge in [0, 0.05) is 30.5 Å². The fourth-order valence-electron chi connectivity index (χ4n) is 1.69. The van der Waals surface area contributed by atoms with E-state index < -0.39 is 0 Å². The fraction of sp³-hybridized carbons (Fsp3) is 0.750. The molecule has 0 aliphatic carbocycles. The van der Waals surface area contributed by atoms with Crippen LogP contribution < -0.4 is 5.32 Å². The highest BCUT2D eigenvalue weighted by Crippen LogP contribution is 2.10. The molecular weight excluding hydrogens is 202 g/mol. The first kappa shape index (κ1) is 13.2. The third-order valence-electron chi connectivity index (χ3n) is 3.07. The maximum Gasteiger partial charge on any atom is 0.0610 e. The highest BCUT2D eigenvalue weighted by atomic mass is 16.3. The van der Waals surface area contributed by atoms with Crippen LogP contribution in [0.3, 0.4) is 0 Å². The third-order valence-corrected chi connectivity index (χ3v) is 3.07. The van der Waals surface area contributed by atoms with E-state index in [-0.39, 0.29) is 12.1 Å². The summed E-state index contributed by atoms with van der Waals surface area (Å²) in [4.78, 5) is 0. The van der Waals surface area contributed by atoms with Gasteiger partial charge in [0.25, 0.3) is 0 Å². The van der Waals surface area contributed by atoms with Gasteiger partial charge in [-0.1, -0.05) is 6.92 Å². The van der Waals surface area contributed by atoms with Gasteiger partial charge in [0.05, 0.1) is 6.61 Å². The molecule has 0 saturated carbocycles. The SMILES string of the molecule is CCC(C)(CO)NC(C)CCn1cccn1. The van der Waals surface area contributed by atoms with E-state index in [0.717, 1.165) is 19.4 Å². The molecule has 1 aromatic heterocycles. The van der Waals surface area contributed by atoms with Crippen LogP contribution in [0.4, 0.5) is 0 Å². The predicted octanol–water partition coefficient (Wildman–Crippen LogP) is 1.41. The Kier molecular flexibility index (Phi) is 4.96. The molecule has 0 aromatic carbocycles. The van der Waals surface area contributed by atoms with Crippen LogP contribution in [-0.2, 0) is 6.54 Å². The number of aromatic nitrogens is 2. The minimum Gasteiger partial charge on any atom is -0.394 e. The molecule has 92 valence electrons. The number of aryl methyl sites for hydroxylation is 1. The van der Waals surface area contributed by atoms with E-state index in [9.17, 15) is 5.11 Å². The number of nitrogens with zero attached hydrogens (tertiary/aromatic N) is 2. The van der Waals surface area contributed by atoms with Gasteiger partial charge in [-0.2, -0.15) is 5.10 Å². The molecular formula is C12H23N3O. The van der Waals surface area contributed by atoms with Crippen molar-refractivity contribution in [3.63, 3.8) is 0 Å². The van der Waals surface area contributed by atoms with Gasteiger partial charge in [0.1, 0.15) is 0 Å². The van der Waals surface area contributed by atoms with E-state index in [1.807, 2.05) is 16.9 Å².